The van der Waals surface area contributed by atoms with Gasteiger partial charge >= 0.3 is 0 Å². The predicted molar refractivity (Wildman–Crippen MR) is 101 cm³/mol. The number of anilines is 2. The molecular weight excluding hydrogens is 352 g/mol. The Morgan fingerprint density at radius 1 is 1.15 bits per heavy atom. The standard InChI is InChI=1S/C17H17ClN8/c18-15-14(5-2-7-21-15)16-22-11-23-17(25-16)24-13-4-1-3-12(9-13)10-26(20)8-6-19/h1-9,11H,10,19-20H2,(H,22,23,24,25)/b8-6-. The average Bonchev–Trinajstić information content (AvgIpc) is 2.63. The highest BCUT2D eigenvalue weighted by atomic mass is 35.5. The number of hydrogen-bond acceptors (Lipinski definition) is 8. The van der Waals surface area contributed by atoms with Crippen molar-refractivity contribution in [1.82, 2.24) is 24.9 Å². The summed E-state index contributed by atoms with van der Waals surface area (Å²) in [6.45, 7) is 0.511. The molecule has 0 fully saturated rings. The van der Waals surface area contributed by atoms with E-state index in [1.54, 1.807) is 24.5 Å². The molecule has 0 aliphatic rings. The number of benzene rings is 1. The van der Waals surface area contributed by atoms with Crippen molar-refractivity contribution in [2.45, 2.75) is 6.54 Å². The number of hydrogen-bond donors (Lipinski definition) is 3. The zero-order valence-electron chi connectivity index (χ0n) is 13.7. The number of pyridine rings is 1. The second-order valence-electron chi connectivity index (χ2n) is 5.31. The first kappa shape index (κ1) is 17.6. The molecule has 0 saturated heterocycles. The van der Waals surface area contributed by atoms with Gasteiger partial charge in [-0.2, -0.15) is 4.98 Å². The van der Waals surface area contributed by atoms with Crippen LogP contribution in [-0.2, 0) is 6.54 Å². The van der Waals surface area contributed by atoms with Crippen LogP contribution in [0.5, 0.6) is 0 Å². The van der Waals surface area contributed by atoms with Crippen LogP contribution in [0.25, 0.3) is 11.4 Å². The lowest BCUT2D eigenvalue weighted by Crippen LogP contribution is -2.24. The molecule has 5 N–H and O–H groups in total. The van der Waals surface area contributed by atoms with Crippen LogP contribution in [0.1, 0.15) is 5.56 Å². The fourth-order valence-corrected chi connectivity index (χ4v) is 2.49. The molecule has 1 aromatic carbocycles. The molecule has 0 unspecified atom stereocenters. The van der Waals surface area contributed by atoms with Crippen molar-refractivity contribution in [3.8, 4) is 11.4 Å². The molecule has 2 heterocycles. The maximum Gasteiger partial charge on any atom is 0.230 e. The van der Waals surface area contributed by atoms with E-state index >= 15 is 0 Å². The van der Waals surface area contributed by atoms with E-state index in [1.807, 2.05) is 24.3 Å². The average molecular weight is 369 g/mol. The molecule has 0 radical (unpaired) electrons. The lowest BCUT2D eigenvalue weighted by atomic mass is 10.2. The summed E-state index contributed by atoms with van der Waals surface area (Å²) < 4.78 is 0. The maximum absolute atomic E-state index is 6.10. The summed E-state index contributed by atoms with van der Waals surface area (Å²) in [4.78, 5) is 16.7. The molecule has 2 aromatic heterocycles. The van der Waals surface area contributed by atoms with Crippen LogP contribution < -0.4 is 16.9 Å². The smallest absolute Gasteiger partial charge is 0.230 e. The van der Waals surface area contributed by atoms with Crippen molar-refractivity contribution in [3.63, 3.8) is 0 Å². The molecule has 26 heavy (non-hydrogen) atoms. The van der Waals surface area contributed by atoms with E-state index in [-0.39, 0.29) is 0 Å². The zero-order chi connectivity index (χ0) is 18.4. The molecule has 3 aromatic rings. The molecule has 8 nitrogen and oxygen atoms in total. The summed E-state index contributed by atoms with van der Waals surface area (Å²) >= 11 is 6.10. The molecule has 0 aliphatic heterocycles. The van der Waals surface area contributed by atoms with Gasteiger partial charge in [-0.05, 0) is 29.8 Å². The van der Waals surface area contributed by atoms with Gasteiger partial charge in [0.2, 0.25) is 5.95 Å². The van der Waals surface area contributed by atoms with Gasteiger partial charge in [-0.3, -0.25) is 0 Å². The summed E-state index contributed by atoms with van der Waals surface area (Å²) in [5.41, 5.74) is 7.80. The minimum Gasteiger partial charge on any atom is -0.403 e. The first-order valence-electron chi connectivity index (χ1n) is 7.71. The van der Waals surface area contributed by atoms with E-state index < -0.39 is 0 Å². The minimum absolute atomic E-state index is 0.336. The highest BCUT2D eigenvalue weighted by molar-refractivity contribution is 6.31. The summed E-state index contributed by atoms with van der Waals surface area (Å²) in [7, 11) is 0. The van der Waals surface area contributed by atoms with Gasteiger partial charge in [-0.25, -0.2) is 20.8 Å². The minimum atomic E-state index is 0.336. The summed E-state index contributed by atoms with van der Waals surface area (Å²) in [6.07, 6.45) is 6.01. The number of nitrogens with zero attached hydrogens (tertiary/aromatic N) is 5. The van der Waals surface area contributed by atoms with Gasteiger partial charge in [-0.15, -0.1) is 0 Å². The third-order valence-electron chi connectivity index (χ3n) is 3.40. The Kier molecular flexibility index (Phi) is 5.57. The Morgan fingerprint density at radius 2 is 2.04 bits per heavy atom. The number of aromatic nitrogens is 4. The number of hydrazine groups is 1. The van der Waals surface area contributed by atoms with Gasteiger partial charge in [0.1, 0.15) is 11.5 Å². The quantitative estimate of drug-likeness (QED) is 0.345. The van der Waals surface area contributed by atoms with Gasteiger partial charge in [0.05, 0.1) is 12.1 Å². The van der Waals surface area contributed by atoms with E-state index in [0.29, 0.717) is 29.0 Å². The van der Waals surface area contributed by atoms with Crippen molar-refractivity contribution < 1.29 is 0 Å². The molecule has 0 aliphatic carbocycles. The largest absolute Gasteiger partial charge is 0.403 e. The van der Waals surface area contributed by atoms with E-state index in [0.717, 1.165) is 11.3 Å². The van der Waals surface area contributed by atoms with Gasteiger partial charge in [0.15, 0.2) is 5.82 Å². The molecule has 3 rings (SSSR count). The normalized spacial score (nSPS) is 10.8. The van der Waals surface area contributed by atoms with Crippen molar-refractivity contribution in [2.24, 2.45) is 11.6 Å². The van der Waals surface area contributed by atoms with Gasteiger partial charge in [0.25, 0.3) is 0 Å². The van der Waals surface area contributed by atoms with Crippen LogP contribution >= 0.6 is 11.6 Å². The number of nitrogens with two attached hydrogens (primary N) is 2. The first-order chi connectivity index (χ1) is 12.7. The lowest BCUT2D eigenvalue weighted by molar-refractivity contribution is 0.386. The monoisotopic (exact) mass is 368 g/mol. The molecular formula is C17H17ClN8. The number of rotatable bonds is 6. The Bertz CT molecular complexity index is 915. The Balaban J connectivity index is 1.79. The van der Waals surface area contributed by atoms with Crippen molar-refractivity contribution in [2.75, 3.05) is 5.32 Å². The Morgan fingerprint density at radius 3 is 2.85 bits per heavy atom. The maximum atomic E-state index is 6.10. The van der Waals surface area contributed by atoms with Crippen LogP contribution in [0.4, 0.5) is 11.6 Å². The summed E-state index contributed by atoms with van der Waals surface area (Å²) in [5.74, 6) is 6.66. The predicted octanol–water partition coefficient (Wildman–Crippen LogP) is 2.44. The second kappa shape index (κ2) is 8.24. The van der Waals surface area contributed by atoms with Crippen molar-refractivity contribution in [3.05, 3.63) is 72.0 Å². The van der Waals surface area contributed by atoms with E-state index in [1.165, 1.54) is 17.5 Å². The number of halogens is 1. The van der Waals surface area contributed by atoms with Crippen molar-refractivity contribution in [1.29, 1.82) is 0 Å². The molecule has 132 valence electrons. The fourth-order valence-electron chi connectivity index (χ4n) is 2.29. The molecule has 0 spiro atoms. The van der Waals surface area contributed by atoms with Gasteiger partial charge in [-0.1, -0.05) is 23.7 Å². The van der Waals surface area contributed by atoms with E-state index in [4.69, 9.17) is 23.2 Å². The van der Waals surface area contributed by atoms with Crippen LogP contribution in [0.15, 0.2) is 61.3 Å². The van der Waals surface area contributed by atoms with Crippen molar-refractivity contribution >= 4 is 23.2 Å². The third kappa shape index (κ3) is 4.44. The van der Waals surface area contributed by atoms with Crippen LogP contribution in [0, 0.1) is 0 Å². The van der Waals surface area contributed by atoms with Gasteiger partial charge in [0, 0.05) is 24.3 Å². The lowest BCUT2D eigenvalue weighted by Gasteiger charge is -2.14. The molecule has 0 saturated carbocycles. The van der Waals surface area contributed by atoms with Crippen LogP contribution in [0.3, 0.4) is 0 Å². The zero-order valence-corrected chi connectivity index (χ0v) is 14.5. The van der Waals surface area contributed by atoms with E-state index in [9.17, 15) is 0 Å². The third-order valence-corrected chi connectivity index (χ3v) is 3.70. The van der Waals surface area contributed by atoms with Crippen LogP contribution in [0.2, 0.25) is 5.15 Å². The highest BCUT2D eigenvalue weighted by Crippen LogP contribution is 2.23. The SMILES string of the molecule is N/C=C\N(N)Cc1cccc(Nc2ncnc(-c3cccnc3Cl)n2)c1. The first-order valence-corrected chi connectivity index (χ1v) is 8.09. The molecule has 0 atom stereocenters. The topological polar surface area (TPSA) is 119 Å². The summed E-state index contributed by atoms with van der Waals surface area (Å²) in [5, 5.41) is 4.98. The van der Waals surface area contributed by atoms with E-state index in [2.05, 4.69) is 25.3 Å². The number of nitrogens with one attached hydrogen (secondary N) is 1. The molecule has 9 heteroatoms. The highest BCUT2D eigenvalue weighted by Gasteiger charge is 2.09. The summed E-state index contributed by atoms with van der Waals surface area (Å²) in [6, 6.07) is 11.3. The second-order valence-corrected chi connectivity index (χ2v) is 5.67. The van der Waals surface area contributed by atoms with Gasteiger partial charge < -0.3 is 16.1 Å². The molecule has 0 amide bonds. The Labute approximate surface area is 155 Å². The molecule has 0 bridgehead atoms. The Hall–Kier alpha value is -3.23. The fraction of sp³-hybridized carbons (Fsp3) is 0.0588. The van der Waals surface area contributed by atoms with Crippen LogP contribution in [-0.4, -0.2) is 24.9 Å².